The maximum atomic E-state index is 14.3. The van der Waals surface area contributed by atoms with Crippen LogP contribution < -0.4 is 10.0 Å². The van der Waals surface area contributed by atoms with Crippen molar-refractivity contribution in [2.24, 2.45) is 0 Å². The Labute approximate surface area is 286 Å². The van der Waals surface area contributed by atoms with Crippen LogP contribution in [0.5, 0.6) is 0 Å². The largest absolute Gasteiger partial charge is 0.361 e. The van der Waals surface area contributed by atoms with Crippen molar-refractivity contribution in [2.45, 2.75) is 58.5 Å². The minimum Gasteiger partial charge on any atom is -0.361 e. The highest BCUT2D eigenvalue weighted by Crippen LogP contribution is 2.21. The molecule has 2 heterocycles. The first-order valence-electron chi connectivity index (χ1n) is 16.1. The second kappa shape index (κ2) is 15.3. The molecule has 49 heavy (non-hydrogen) atoms. The molecule has 3 amide bonds. The molecule has 0 aliphatic rings. The lowest BCUT2D eigenvalue weighted by Gasteiger charge is -2.29. The van der Waals surface area contributed by atoms with Gasteiger partial charge in [-0.1, -0.05) is 60.9 Å². The molecule has 0 saturated heterocycles. The Morgan fingerprint density at radius 1 is 0.959 bits per heavy atom. The minimum absolute atomic E-state index is 0.0128. The second-order valence-electron chi connectivity index (χ2n) is 12.3. The standard InChI is InChI=1S/C36H41N7O5S/c1-5-6-15-49(47,48)41-34(44)32(20-28-21-38-31-10-8-7-9-30(28)31)40-35(45)33(42(4)36(46)27-17-24(2)16-25(3)18-27)19-26-11-13-29(14-12-26)43-23-37-22-39-43/h7-14,16-18,21-23,32-33,38H,5-6,15,19-20H2,1-4H3,(H,40,45)(H,41,44)/t32-,33-/m0/s1. The van der Waals surface area contributed by atoms with Crippen LogP contribution in [0.3, 0.4) is 0 Å². The number of aromatic amines is 1. The molecule has 5 rings (SSSR count). The lowest BCUT2D eigenvalue weighted by molar-refractivity contribution is -0.130. The molecule has 0 fully saturated rings. The van der Waals surface area contributed by atoms with Crippen molar-refractivity contribution in [3.8, 4) is 5.69 Å². The topological polar surface area (TPSA) is 159 Å². The molecular weight excluding hydrogens is 643 g/mol. The second-order valence-corrected chi connectivity index (χ2v) is 14.1. The van der Waals surface area contributed by atoms with Gasteiger partial charge < -0.3 is 15.2 Å². The Kier molecular flexibility index (Phi) is 10.9. The predicted molar refractivity (Wildman–Crippen MR) is 188 cm³/mol. The molecule has 0 bridgehead atoms. The first kappa shape index (κ1) is 35.0. The molecule has 5 aromatic rings. The number of rotatable bonds is 14. The molecule has 3 N–H and O–H groups in total. The molecule has 0 aliphatic heterocycles. The normalized spacial score (nSPS) is 12.7. The van der Waals surface area contributed by atoms with Gasteiger partial charge in [0.15, 0.2) is 0 Å². The van der Waals surface area contributed by atoms with Crippen molar-refractivity contribution >= 4 is 38.6 Å². The van der Waals surface area contributed by atoms with Crippen molar-refractivity contribution in [2.75, 3.05) is 12.8 Å². The van der Waals surface area contributed by atoms with Gasteiger partial charge in [-0.15, -0.1) is 0 Å². The number of sulfonamides is 1. The zero-order valence-corrected chi connectivity index (χ0v) is 28.8. The summed E-state index contributed by atoms with van der Waals surface area (Å²) in [6.07, 6.45) is 5.89. The molecule has 0 unspecified atom stereocenters. The van der Waals surface area contributed by atoms with E-state index in [0.29, 0.717) is 18.4 Å². The third-order valence-corrected chi connectivity index (χ3v) is 9.70. The fourth-order valence-electron chi connectivity index (χ4n) is 5.81. The van der Waals surface area contributed by atoms with Crippen LogP contribution >= 0.6 is 0 Å². The van der Waals surface area contributed by atoms with Crippen LogP contribution in [0.1, 0.15) is 52.4 Å². The number of carbonyl (C=O) groups excluding carboxylic acids is 3. The number of fused-ring (bicyclic) bond motifs is 1. The van der Waals surface area contributed by atoms with E-state index >= 15 is 0 Å². The molecule has 2 atom stereocenters. The van der Waals surface area contributed by atoms with Crippen LogP contribution in [-0.4, -0.2) is 75.7 Å². The maximum Gasteiger partial charge on any atom is 0.256 e. The molecule has 12 nitrogen and oxygen atoms in total. The van der Waals surface area contributed by atoms with E-state index < -0.39 is 33.9 Å². The van der Waals surface area contributed by atoms with Gasteiger partial charge in [0.05, 0.1) is 11.4 Å². The Morgan fingerprint density at radius 3 is 2.35 bits per heavy atom. The molecule has 0 saturated carbocycles. The van der Waals surface area contributed by atoms with E-state index in [4.69, 9.17) is 0 Å². The molecule has 0 aliphatic carbocycles. The average molecular weight is 684 g/mol. The van der Waals surface area contributed by atoms with E-state index in [0.717, 1.165) is 38.8 Å². The summed E-state index contributed by atoms with van der Waals surface area (Å²) in [6, 6.07) is 18.0. The van der Waals surface area contributed by atoms with Crippen LogP contribution in [0.4, 0.5) is 0 Å². The van der Waals surface area contributed by atoms with Gasteiger partial charge in [0.25, 0.3) is 11.8 Å². The molecule has 0 spiro atoms. The zero-order valence-electron chi connectivity index (χ0n) is 28.0. The van der Waals surface area contributed by atoms with E-state index in [9.17, 15) is 22.8 Å². The lowest BCUT2D eigenvalue weighted by Crippen LogP contribution is -2.56. The summed E-state index contributed by atoms with van der Waals surface area (Å²) in [6.45, 7) is 5.65. The number of para-hydroxylation sites is 1. The highest BCUT2D eigenvalue weighted by atomic mass is 32.2. The Balaban J connectivity index is 1.47. The monoisotopic (exact) mass is 683 g/mol. The lowest BCUT2D eigenvalue weighted by atomic mass is 10.00. The number of carbonyl (C=O) groups is 3. The van der Waals surface area contributed by atoms with Gasteiger partial charge in [-0.05, 0) is 61.7 Å². The summed E-state index contributed by atoms with van der Waals surface area (Å²) < 4.78 is 29.3. The number of hydrogen-bond acceptors (Lipinski definition) is 7. The van der Waals surface area contributed by atoms with E-state index in [-0.39, 0.29) is 24.5 Å². The smallest absolute Gasteiger partial charge is 0.256 e. The number of nitrogens with one attached hydrogen (secondary N) is 3. The van der Waals surface area contributed by atoms with Gasteiger partial charge in [-0.3, -0.25) is 19.1 Å². The molecular formula is C36H41N7O5S. The third kappa shape index (κ3) is 8.79. The van der Waals surface area contributed by atoms with Gasteiger partial charge in [0, 0.05) is 42.6 Å². The number of aromatic nitrogens is 4. The molecule has 3 aromatic carbocycles. The quantitative estimate of drug-likeness (QED) is 0.159. The van der Waals surface area contributed by atoms with Crippen LogP contribution in [-0.2, 0) is 32.5 Å². The van der Waals surface area contributed by atoms with Gasteiger partial charge in [0.1, 0.15) is 24.7 Å². The third-order valence-electron chi connectivity index (χ3n) is 8.36. The fourth-order valence-corrected chi connectivity index (χ4v) is 7.03. The molecule has 0 radical (unpaired) electrons. The van der Waals surface area contributed by atoms with Gasteiger partial charge >= 0.3 is 0 Å². The van der Waals surface area contributed by atoms with Crippen molar-refractivity contribution in [1.82, 2.24) is 34.7 Å². The van der Waals surface area contributed by atoms with Crippen molar-refractivity contribution in [3.63, 3.8) is 0 Å². The molecule has 2 aromatic heterocycles. The first-order chi connectivity index (χ1) is 23.4. The predicted octanol–water partition coefficient (Wildman–Crippen LogP) is 4.02. The minimum atomic E-state index is -3.95. The number of H-pyrrole nitrogens is 1. The zero-order chi connectivity index (χ0) is 35.1. The Bertz CT molecular complexity index is 2020. The van der Waals surface area contributed by atoms with Crippen molar-refractivity contribution < 1.29 is 22.8 Å². The fraction of sp³-hybridized carbons (Fsp3) is 0.306. The van der Waals surface area contributed by atoms with E-state index in [1.807, 2.05) is 75.4 Å². The van der Waals surface area contributed by atoms with E-state index in [1.54, 1.807) is 36.4 Å². The summed E-state index contributed by atoms with van der Waals surface area (Å²) >= 11 is 0. The number of hydrogen-bond donors (Lipinski definition) is 3. The maximum absolute atomic E-state index is 14.3. The van der Waals surface area contributed by atoms with Crippen LogP contribution in [0, 0.1) is 13.8 Å². The number of amides is 3. The highest BCUT2D eigenvalue weighted by Gasteiger charge is 2.33. The number of nitrogens with zero attached hydrogens (tertiary/aromatic N) is 4. The summed E-state index contributed by atoms with van der Waals surface area (Å²) in [5, 5.41) is 7.81. The van der Waals surface area contributed by atoms with Crippen LogP contribution in [0.2, 0.25) is 0 Å². The summed E-state index contributed by atoms with van der Waals surface area (Å²) in [5.41, 5.74) is 5.31. The van der Waals surface area contributed by atoms with Gasteiger partial charge in [0.2, 0.25) is 15.9 Å². The number of unbranched alkanes of at least 4 members (excludes halogenated alkanes) is 1. The SMILES string of the molecule is CCCCS(=O)(=O)NC(=O)[C@H](Cc1c[nH]c2ccccc12)NC(=O)[C@H](Cc1ccc(-n2cncn2)cc1)N(C)C(=O)c1cc(C)cc(C)c1. The first-order valence-corrected chi connectivity index (χ1v) is 17.8. The molecule has 13 heteroatoms. The highest BCUT2D eigenvalue weighted by molar-refractivity contribution is 7.90. The van der Waals surface area contributed by atoms with Crippen LogP contribution in [0.25, 0.3) is 16.6 Å². The Morgan fingerprint density at radius 2 is 1.67 bits per heavy atom. The summed E-state index contributed by atoms with van der Waals surface area (Å²) in [7, 11) is -2.39. The van der Waals surface area contributed by atoms with Gasteiger partial charge in [-0.2, -0.15) is 5.10 Å². The van der Waals surface area contributed by atoms with E-state index in [2.05, 4.69) is 25.1 Å². The average Bonchev–Trinajstić information content (AvgIpc) is 3.76. The number of benzene rings is 3. The summed E-state index contributed by atoms with van der Waals surface area (Å²) in [5.74, 6) is -2.05. The van der Waals surface area contributed by atoms with Crippen LogP contribution in [0.15, 0.2) is 85.6 Å². The van der Waals surface area contributed by atoms with E-state index in [1.165, 1.54) is 11.2 Å². The number of likely N-dealkylation sites (N-methyl/N-ethyl adjacent to an activating group) is 1. The Hall–Kier alpha value is -5.30. The van der Waals surface area contributed by atoms with Gasteiger partial charge in [-0.25, -0.2) is 18.1 Å². The van der Waals surface area contributed by atoms with Crippen molar-refractivity contribution in [1.29, 1.82) is 0 Å². The summed E-state index contributed by atoms with van der Waals surface area (Å²) in [4.78, 5) is 50.3. The molecule has 256 valence electrons. The number of aryl methyl sites for hydroxylation is 2. The van der Waals surface area contributed by atoms with Crippen molar-refractivity contribution in [3.05, 3.63) is 113 Å².